The smallest absolute Gasteiger partial charge is 0.294 e. The number of rotatable bonds is 5. The zero-order valence-corrected chi connectivity index (χ0v) is 20.3. The van der Waals surface area contributed by atoms with Gasteiger partial charge in [0.25, 0.3) is 5.91 Å². The monoisotopic (exact) mass is 481 g/mol. The quantitative estimate of drug-likeness (QED) is 0.358. The number of benzene rings is 2. The molecule has 3 heterocycles. The summed E-state index contributed by atoms with van der Waals surface area (Å²) in [6, 6.07) is 19.8. The van der Waals surface area contributed by atoms with E-state index in [4.69, 9.17) is 0 Å². The Balaban J connectivity index is 1.64. The van der Waals surface area contributed by atoms with Crippen LogP contribution in [0.25, 0.3) is 10.6 Å². The van der Waals surface area contributed by atoms with Crippen molar-refractivity contribution >= 4 is 28.7 Å². The summed E-state index contributed by atoms with van der Waals surface area (Å²) in [5.74, 6) is -1.60. The number of aliphatic hydroxyl groups is 1. The summed E-state index contributed by atoms with van der Waals surface area (Å²) < 4.78 is 0. The minimum absolute atomic E-state index is 0.0132. The normalized spacial score (nSPS) is 15.7. The van der Waals surface area contributed by atoms with E-state index in [2.05, 4.69) is 9.97 Å². The van der Waals surface area contributed by atoms with E-state index in [0.717, 1.165) is 16.7 Å². The van der Waals surface area contributed by atoms with Gasteiger partial charge in [-0.1, -0.05) is 42.5 Å². The highest BCUT2D eigenvalue weighted by Gasteiger charge is 2.46. The van der Waals surface area contributed by atoms with Gasteiger partial charge in [-0.2, -0.15) is 0 Å². The molecule has 0 bridgehead atoms. The van der Waals surface area contributed by atoms with Crippen LogP contribution in [0.1, 0.15) is 38.2 Å². The van der Waals surface area contributed by atoms with Gasteiger partial charge in [-0.3, -0.25) is 19.5 Å². The van der Waals surface area contributed by atoms with Crippen LogP contribution in [0.15, 0.2) is 84.3 Å². The summed E-state index contributed by atoms with van der Waals surface area (Å²) in [5.41, 5.74) is 4.51. The number of carbonyl (C=O) groups excluding carboxylic acids is 2. The van der Waals surface area contributed by atoms with Crippen LogP contribution in [0, 0.1) is 20.8 Å². The first-order chi connectivity index (χ1) is 16.8. The number of carbonyl (C=O) groups is 2. The summed E-state index contributed by atoms with van der Waals surface area (Å²) in [7, 11) is 0. The van der Waals surface area contributed by atoms with Crippen LogP contribution < -0.4 is 4.90 Å². The Morgan fingerprint density at radius 1 is 0.971 bits per heavy atom. The second kappa shape index (κ2) is 8.92. The topological polar surface area (TPSA) is 83.4 Å². The first kappa shape index (κ1) is 22.7. The van der Waals surface area contributed by atoms with Gasteiger partial charge in [0.2, 0.25) is 5.78 Å². The lowest BCUT2D eigenvalue weighted by molar-refractivity contribution is -0.117. The number of ketones is 1. The van der Waals surface area contributed by atoms with Crippen molar-refractivity contribution in [3.05, 3.63) is 112 Å². The molecule has 1 N–H and O–H groups in total. The Morgan fingerprint density at radius 2 is 1.66 bits per heavy atom. The Labute approximate surface area is 207 Å². The number of anilines is 1. The maximum absolute atomic E-state index is 13.9. The highest BCUT2D eigenvalue weighted by atomic mass is 32.1. The fraction of sp³-hybridized carbons (Fsp3) is 0.143. The molecule has 174 valence electrons. The number of thiazole rings is 1. The van der Waals surface area contributed by atoms with Crippen molar-refractivity contribution in [1.82, 2.24) is 9.97 Å². The number of aromatic nitrogens is 2. The van der Waals surface area contributed by atoms with Crippen molar-refractivity contribution in [1.29, 1.82) is 0 Å². The first-order valence-electron chi connectivity index (χ1n) is 11.2. The molecule has 1 atom stereocenters. The highest BCUT2D eigenvalue weighted by molar-refractivity contribution is 7.17. The minimum Gasteiger partial charge on any atom is -0.503 e. The molecular formula is C28H23N3O3S. The average molecular weight is 482 g/mol. The lowest BCUT2D eigenvalue weighted by atomic mass is 9.98. The number of aliphatic hydroxyl groups excluding tert-OH is 1. The van der Waals surface area contributed by atoms with Gasteiger partial charge in [-0.15, -0.1) is 11.3 Å². The van der Waals surface area contributed by atoms with E-state index in [1.54, 1.807) is 31.3 Å². The minimum atomic E-state index is -0.862. The van der Waals surface area contributed by atoms with Gasteiger partial charge in [0.15, 0.2) is 5.76 Å². The van der Waals surface area contributed by atoms with Crippen molar-refractivity contribution in [2.24, 2.45) is 0 Å². The lowest BCUT2D eigenvalue weighted by Crippen LogP contribution is -2.31. The molecule has 0 saturated carbocycles. The highest BCUT2D eigenvalue weighted by Crippen LogP contribution is 2.43. The number of hydrogen-bond acceptors (Lipinski definition) is 6. The molecule has 1 aliphatic heterocycles. The van der Waals surface area contributed by atoms with E-state index < -0.39 is 23.5 Å². The van der Waals surface area contributed by atoms with Crippen LogP contribution in [-0.2, 0) is 4.79 Å². The summed E-state index contributed by atoms with van der Waals surface area (Å²) >= 11 is 1.25. The van der Waals surface area contributed by atoms with Crippen LogP contribution in [-0.4, -0.2) is 26.8 Å². The number of aryl methyl sites for hydroxylation is 3. The number of Topliss-reactive ketones (excluding diaryl/α,β-unsaturated/α-hetero) is 1. The maximum Gasteiger partial charge on any atom is 0.294 e. The van der Waals surface area contributed by atoms with Crippen molar-refractivity contribution in [2.75, 3.05) is 4.90 Å². The predicted molar refractivity (Wildman–Crippen MR) is 137 cm³/mol. The Bertz CT molecular complexity index is 1460. The number of pyridine rings is 1. The summed E-state index contributed by atoms with van der Waals surface area (Å²) in [5, 5.41) is 11.7. The zero-order chi connectivity index (χ0) is 24.7. The molecule has 0 fully saturated rings. The third kappa shape index (κ3) is 4.04. The maximum atomic E-state index is 13.9. The number of nitrogens with zero attached hydrogens (tertiary/aromatic N) is 3. The van der Waals surface area contributed by atoms with Crippen LogP contribution in [0.2, 0.25) is 0 Å². The van der Waals surface area contributed by atoms with Crippen LogP contribution in [0.3, 0.4) is 0 Å². The molecule has 0 radical (unpaired) electrons. The van der Waals surface area contributed by atoms with Gasteiger partial charge < -0.3 is 5.11 Å². The predicted octanol–water partition coefficient (Wildman–Crippen LogP) is 5.91. The van der Waals surface area contributed by atoms with E-state index in [1.165, 1.54) is 16.2 Å². The fourth-order valence-corrected chi connectivity index (χ4v) is 5.47. The van der Waals surface area contributed by atoms with E-state index in [1.807, 2.05) is 62.4 Å². The molecular weight excluding hydrogens is 458 g/mol. The second-order valence-corrected chi connectivity index (χ2v) is 9.57. The molecule has 4 aromatic rings. The van der Waals surface area contributed by atoms with Gasteiger partial charge >= 0.3 is 0 Å². The zero-order valence-electron chi connectivity index (χ0n) is 19.5. The first-order valence-corrected chi connectivity index (χ1v) is 12.0. The Kier molecular flexibility index (Phi) is 5.78. The summed E-state index contributed by atoms with van der Waals surface area (Å²) in [6.07, 6.45) is 1.61. The standard InChI is InChI=1S/C28H23N3O3S/c1-16-13-17(2)15-20(14-16)31-23(21-11-7-8-12-29-21)22(25(33)28(31)34)24(32)26-18(3)30-27(35-26)19-9-5-4-6-10-19/h4-15,23,33H,1-3H3. The molecule has 35 heavy (non-hydrogen) atoms. The van der Waals surface area contributed by atoms with Gasteiger partial charge in [0.05, 0.1) is 21.8 Å². The number of amides is 1. The second-order valence-electron chi connectivity index (χ2n) is 8.57. The largest absolute Gasteiger partial charge is 0.503 e. The third-order valence-electron chi connectivity index (χ3n) is 5.93. The van der Waals surface area contributed by atoms with E-state index >= 15 is 0 Å². The molecule has 2 aromatic heterocycles. The molecule has 7 heteroatoms. The van der Waals surface area contributed by atoms with Gasteiger partial charge in [-0.25, -0.2) is 4.98 Å². The Morgan fingerprint density at radius 3 is 2.31 bits per heavy atom. The molecule has 0 spiro atoms. The molecule has 6 nitrogen and oxygen atoms in total. The van der Waals surface area contributed by atoms with Crippen molar-refractivity contribution in [3.8, 4) is 10.6 Å². The molecule has 1 unspecified atom stereocenters. The molecule has 0 saturated heterocycles. The molecule has 5 rings (SSSR count). The summed E-state index contributed by atoms with van der Waals surface area (Å²) in [6.45, 7) is 5.65. The van der Waals surface area contributed by atoms with Crippen molar-refractivity contribution < 1.29 is 14.7 Å². The lowest BCUT2D eigenvalue weighted by Gasteiger charge is -2.26. The Hall–Kier alpha value is -4.10. The molecule has 1 aliphatic rings. The van der Waals surface area contributed by atoms with Crippen LogP contribution in [0.4, 0.5) is 5.69 Å². The van der Waals surface area contributed by atoms with Crippen LogP contribution in [0.5, 0.6) is 0 Å². The molecule has 1 amide bonds. The van der Waals surface area contributed by atoms with E-state index in [9.17, 15) is 14.7 Å². The van der Waals surface area contributed by atoms with Crippen molar-refractivity contribution in [2.45, 2.75) is 26.8 Å². The average Bonchev–Trinajstić information content (AvgIpc) is 3.36. The summed E-state index contributed by atoms with van der Waals surface area (Å²) in [4.78, 5) is 38.2. The number of hydrogen-bond donors (Lipinski definition) is 1. The third-order valence-corrected chi connectivity index (χ3v) is 7.13. The fourth-order valence-electron chi connectivity index (χ4n) is 4.44. The van der Waals surface area contributed by atoms with Gasteiger partial charge in [-0.05, 0) is 56.2 Å². The van der Waals surface area contributed by atoms with Gasteiger partial charge in [0.1, 0.15) is 11.0 Å². The van der Waals surface area contributed by atoms with E-state index in [0.29, 0.717) is 27.0 Å². The van der Waals surface area contributed by atoms with Crippen molar-refractivity contribution in [3.63, 3.8) is 0 Å². The molecule has 0 aliphatic carbocycles. The SMILES string of the molecule is Cc1cc(C)cc(N2C(=O)C(O)=C(C(=O)c3sc(-c4ccccc4)nc3C)C2c2ccccn2)c1. The van der Waals surface area contributed by atoms with Crippen LogP contribution >= 0.6 is 11.3 Å². The van der Waals surface area contributed by atoms with Gasteiger partial charge in [0, 0.05) is 17.4 Å². The van der Waals surface area contributed by atoms with E-state index in [-0.39, 0.29) is 5.57 Å². The molecule has 2 aromatic carbocycles.